The fourth-order valence-corrected chi connectivity index (χ4v) is 2.70. The maximum atomic E-state index is 5.08. The molecular formula is C11H13NOS. The van der Waals surface area contributed by atoms with Crippen molar-refractivity contribution in [1.82, 2.24) is 0 Å². The van der Waals surface area contributed by atoms with E-state index < -0.39 is 0 Å². The fraction of sp³-hybridized carbons (Fsp3) is 0.273. The molecule has 0 radical (unpaired) electrons. The van der Waals surface area contributed by atoms with Crippen molar-refractivity contribution in [2.24, 2.45) is 5.90 Å². The quantitative estimate of drug-likeness (QED) is 0.785. The number of fused-ring (bicyclic) bond motifs is 1. The van der Waals surface area contributed by atoms with Gasteiger partial charge in [0.1, 0.15) is 0 Å². The van der Waals surface area contributed by atoms with Gasteiger partial charge in [0.2, 0.25) is 0 Å². The van der Waals surface area contributed by atoms with Gasteiger partial charge in [0.25, 0.3) is 0 Å². The summed E-state index contributed by atoms with van der Waals surface area (Å²) in [5, 5.41) is 3.51. The van der Waals surface area contributed by atoms with Crippen molar-refractivity contribution < 1.29 is 4.84 Å². The van der Waals surface area contributed by atoms with Gasteiger partial charge in [0.05, 0.1) is 6.61 Å². The minimum absolute atomic E-state index is 0.358. The minimum atomic E-state index is 0.358. The number of hydrogen-bond acceptors (Lipinski definition) is 3. The Morgan fingerprint density at radius 2 is 2.21 bits per heavy atom. The van der Waals surface area contributed by atoms with Crippen molar-refractivity contribution in [2.75, 3.05) is 6.61 Å². The van der Waals surface area contributed by atoms with Crippen molar-refractivity contribution in [3.8, 4) is 0 Å². The lowest BCUT2D eigenvalue weighted by molar-refractivity contribution is 0.127. The summed E-state index contributed by atoms with van der Waals surface area (Å²) in [4.78, 5) is 4.68. The Morgan fingerprint density at radius 3 is 3.00 bits per heavy atom. The molecule has 0 aliphatic carbocycles. The van der Waals surface area contributed by atoms with Crippen LogP contribution >= 0.6 is 11.3 Å². The predicted octanol–water partition coefficient (Wildman–Crippen LogP) is 2.90. The fourth-order valence-electron chi connectivity index (χ4n) is 1.61. The standard InChI is InChI=1S/C11H13NOS/c1-8(6-13-12)10-7-14-11-5-3-2-4-9(10)11/h2-5,7-8H,6,12H2,1H3. The van der Waals surface area contributed by atoms with E-state index in [0.29, 0.717) is 12.5 Å². The lowest BCUT2D eigenvalue weighted by atomic mass is 10.0. The Kier molecular flexibility index (Phi) is 2.82. The van der Waals surface area contributed by atoms with E-state index in [1.807, 2.05) is 0 Å². The van der Waals surface area contributed by atoms with Crippen molar-refractivity contribution in [3.63, 3.8) is 0 Å². The topological polar surface area (TPSA) is 35.2 Å². The Labute approximate surface area is 87.3 Å². The Morgan fingerprint density at radius 1 is 1.43 bits per heavy atom. The number of nitrogens with two attached hydrogens (primary N) is 1. The van der Waals surface area contributed by atoms with E-state index in [1.165, 1.54) is 15.6 Å². The lowest BCUT2D eigenvalue weighted by Crippen LogP contribution is -2.07. The van der Waals surface area contributed by atoms with Crippen LogP contribution in [0.3, 0.4) is 0 Å². The van der Waals surface area contributed by atoms with Crippen LogP contribution in [-0.4, -0.2) is 6.61 Å². The first-order chi connectivity index (χ1) is 6.83. The molecule has 1 aromatic heterocycles. The van der Waals surface area contributed by atoms with Gasteiger partial charge in [-0.05, 0) is 22.4 Å². The predicted molar refractivity (Wildman–Crippen MR) is 60.4 cm³/mol. The van der Waals surface area contributed by atoms with Crippen molar-refractivity contribution in [3.05, 3.63) is 35.2 Å². The van der Waals surface area contributed by atoms with Crippen LogP contribution in [0.15, 0.2) is 29.6 Å². The van der Waals surface area contributed by atoms with E-state index in [9.17, 15) is 0 Å². The average molecular weight is 207 g/mol. The van der Waals surface area contributed by atoms with Crippen molar-refractivity contribution in [1.29, 1.82) is 0 Å². The molecule has 1 heterocycles. The van der Waals surface area contributed by atoms with E-state index >= 15 is 0 Å². The summed E-state index contributed by atoms with van der Waals surface area (Å²) in [6.07, 6.45) is 0. The van der Waals surface area contributed by atoms with E-state index in [2.05, 4.69) is 41.4 Å². The third-order valence-corrected chi connectivity index (χ3v) is 3.37. The van der Waals surface area contributed by atoms with E-state index in [1.54, 1.807) is 11.3 Å². The summed E-state index contributed by atoms with van der Waals surface area (Å²) in [7, 11) is 0. The maximum Gasteiger partial charge on any atom is 0.0745 e. The Bertz CT molecular complexity index is 424. The molecule has 3 heteroatoms. The van der Waals surface area contributed by atoms with Crippen LogP contribution in [0.5, 0.6) is 0 Å². The Balaban J connectivity index is 2.42. The molecule has 0 bridgehead atoms. The molecule has 0 spiro atoms. The first kappa shape index (κ1) is 9.65. The second kappa shape index (κ2) is 4.09. The second-order valence-corrected chi connectivity index (χ2v) is 4.33. The third kappa shape index (κ3) is 1.66. The zero-order valence-corrected chi connectivity index (χ0v) is 8.88. The first-order valence-electron chi connectivity index (χ1n) is 4.60. The molecule has 1 atom stereocenters. The van der Waals surface area contributed by atoms with Crippen LogP contribution < -0.4 is 5.90 Å². The average Bonchev–Trinajstić information content (AvgIpc) is 2.61. The molecule has 0 saturated heterocycles. The molecule has 0 amide bonds. The lowest BCUT2D eigenvalue weighted by Gasteiger charge is -2.08. The van der Waals surface area contributed by atoms with Gasteiger partial charge < -0.3 is 4.84 Å². The SMILES string of the molecule is CC(CON)c1csc2ccccc12. The summed E-state index contributed by atoms with van der Waals surface area (Å²) < 4.78 is 1.33. The summed E-state index contributed by atoms with van der Waals surface area (Å²) in [6.45, 7) is 2.70. The molecule has 2 aromatic rings. The minimum Gasteiger partial charge on any atom is -0.304 e. The van der Waals surface area contributed by atoms with Crippen LogP contribution in [0.1, 0.15) is 18.4 Å². The second-order valence-electron chi connectivity index (χ2n) is 3.42. The molecule has 0 fully saturated rings. The highest BCUT2D eigenvalue weighted by Gasteiger charge is 2.10. The highest BCUT2D eigenvalue weighted by molar-refractivity contribution is 7.17. The van der Waals surface area contributed by atoms with E-state index in [4.69, 9.17) is 5.90 Å². The highest BCUT2D eigenvalue weighted by atomic mass is 32.1. The van der Waals surface area contributed by atoms with Gasteiger partial charge in [0, 0.05) is 10.6 Å². The summed E-state index contributed by atoms with van der Waals surface area (Å²) in [5.41, 5.74) is 1.33. The van der Waals surface area contributed by atoms with Gasteiger partial charge in [-0.15, -0.1) is 11.3 Å². The zero-order chi connectivity index (χ0) is 9.97. The Hall–Kier alpha value is -0.900. The van der Waals surface area contributed by atoms with Gasteiger partial charge in [-0.3, -0.25) is 0 Å². The number of hydrogen-bond donors (Lipinski definition) is 1. The summed E-state index contributed by atoms with van der Waals surface area (Å²) in [5.74, 6) is 5.44. The van der Waals surface area contributed by atoms with Gasteiger partial charge in [-0.25, -0.2) is 5.90 Å². The molecule has 74 valence electrons. The normalized spacial score (nSPS) is 13.3. The number of rotatable bonds is 3. The van der Waals surface area contributed by atoms with Crippen LogP contribution in [0.25, 0.3) is 10.1 Å². The molecule has 1 unspecified atom stereocenters. The van der Waals surface area contributed by atoms with Crippen LogP contribution in [0, 0.1) is 0 Å². The van der Waals surface area contributed by atoms with Crippen molar-refractivity contribution >= 4 is 21.4 Å². The first-order valence-corrected chi connectivity index (χ1v) is 5.48. The molecule has 0 aliphatic rings. The maximum absolute atomic E-state index is 5.08. The van der Waals surface area contributed by atoms with Gasteiger partial charge in [0.15, 0.2) is 0 Å². The molecule has 0 saturated carbocycles. The molecule has 2 nitrogen and oxygen atoms in total. The monoisotopic (exact) mass is 207 g/mol. The number of benzene rings is 1. The van der Waals surface area contributed by atoms with E-state index in [-0.39, 0.29) is 0 Å². The highest BCUT2D eigenvalue weighted by Crippen LogP contribution is 2.30. The smallest absolute Gasteiger partial charge is 0.0745 e. The molecule has 14 heavy (non-hydrogen) atoms. The van der Waals surface area contributed by atoms with Crippen LogP contribution in [0.2, 0.25) is 0 Å². The number of thiophene rings is 1. The van der Waals surface area contributed by atoms with Gasteiger partial charge >= 0.3 is 0 Å². The molecule has 2 N–H and O–H groups in total. The molecular weight excluding hydrogens is 194 g/mol. The molecule has 0 aliphatic heterocycles. The summed E-state index contributed by atoms with van der Waals surface area (Å²) in [6, 6.07) is 8.41. The molecule has 1 aromatic carbocycles. The molecule has 2 rings (SSSR count). The zero-order valence-electron chi connectivity index (χ0n) is 8.07. The van der Waals surface area contributed by atoms with Crippen LogP contribution in [0.4, 0.5) is 0 Å². The summed E-state index contributed by atoms with van der Waals surface area (Å²) >= 11 is 1.77. The third-order valence-electron chi connectivity index (χ3n) is 2.39. The van der Waals surface area contributed by atoms with Gasteiger partial charge in [-0.2, -0.15) is 0 Å². The van der Waals surface area contributed by atoms with E-state index in [0.717, 1.165) is 0 Å². The largest absolute Gasteiger partial charge is 0.304 e. The van der Waals surface area contributed by atoms with Gasteiger partial charge in [-0.1, -0.05) is 25.1 Å². The van der Waals surface area contributed by atoms with Crippen LogP contribution in [-0.2, 0) is 4.84 Å². The van der Waals surface area contributed by atoms with Crippen molar-refractivity contribution in [2.45, 2.75) is 12.8 Å².